The number of hydrogen-bond donors (Lipinski definition) is 1. The first-order chi connectivity index (χ1) is 8.16. The molecule has 17 heavy (non-hydrogen) atoms. The number of rotatable bonds is 4. The van der Waals surface area contributed by atoms with Gasteiger partial charge in [0.25, 0.3) is 0 Å². The van der Waals surface area contributed by atoms with Crippen LogP contribution in [0.4, 0.5) is 5.82 Å². The van der Waals surface area contributed by atoms with Crippen molar-refractivity contribution in [2.75, 3.05) is 12.3 Å². The van der Waals surface area contributed by atoms with Gasteiger partial charge in [0.15, 0.2) is 0 Å². The van der Waals surface area contributed by atoms with Crippen LogP contribution in [0.1, 0.15) is 11.3 Å². The molecule has 90 valence electrons. The Morgan fingerprint density at radius 3 is 2.76 bits per heavy atom. The van der Waals surface area contributed by atoms with E-state index in [-0.39, 0.29) is 0 Å². The number of nitrogens with two attached hydrogens (primary N) is 1. The number of anilines is 1. The van der Waals surface area contributed by atoms with Crippen LogP contribution in [0.2, 0.25) is 0 Å². The molecule has 0 saturated heterocycles. The number of nitrogen functional groups attached to an aromatic ring is 1. The van der Waals surface area contributed by atoms with E-state index in [0.717, 1.165) is 23.4 Å². The van der Waals surface area contributed by atoms with Crippen molar-refractivity contribution in [1.29, 1.82) is 0 Å². The smallest absolute Gasteiger partial charge is 0.122 e. The monoisotopic (exact) mass is 231 g/mol. The van der Waals surface area contributed by atoms with Gasteiger partial charge < -0.3 is 10.5 Å². The highest BCUT2D eigenvalue weighted by Gasteiger charge is 2.03. The Balaban J connectivity index is 1.90. The van der Waals surface area contributed by atoms with E-state index in [0.29, 0.717) is 12.4 Å². The van der Waals surface area contributed by atoms with Crippen molar-refractivity contribution in [2.24, 2.45) is 7.05 Å². The number of aryl methyl sites for hydroxylation is 2. The molecule has 0 bridgehead atoms. The Labute approximate surface area is 101 Å². The maximum Gasteiger partial charge on any atom is 0.122 e. The number of benzene rings is 1. The molecule has 0 amide bonds. The molecule has 2 N–H and O–H groups in total. The van der Waals surface area contributed by atoms with Crippen LogP contribution in [0.5, 0.6) is 5.75 Å². The largest absolute Gasteiger partial charge is 0.493 e. The topological polar surface area (TPSA) is 53.1 Å². The van der Waals surface area contributed by atoms with Gasteiger partial charge in [-0.05, 0) is 18.6 Å². The summed E-state index contributed by atoms with van der Waals surface area (Å²) in [6, 6.07) is 9.86. The molecule has 0 spiro atoms. The van der Waals surface area contributed by atoms with E-state index in [1.54, 1.807) is 4.68 Å². The van der Waals surface area contributed by atoms with Crippen LogP contribution in [0.25, 0.3) is 0 Å². The Kier molecular flexibility index (Phi) is 3.32. The Morgan fingerprint density at radius 1 is 1.35 bits per heavy atom. The number of nitrogens with zero attached hydrogens (tertiary/aromatic N) is 2. The molecule has 0 unspecified atom stereocenters. The zero-order valence-corrected chi connectivity index (χ0v) is 10.2. The molecular weight excluding hydrogens is 214 g/mol. The lowest BCUT2D eigenvalue weighted by Crippen LogP contribution is -2.03. The van der Waals surface area contributed by atoms with Crippen LogP contribution in [-0.4, -0.2) is 16.4 Å². The SMILES string of the molecule is Cc1ccccc1OCCc1cc(N)n(C)n1. The van der Waals surface area contributed by atoms with Crippen LogP contribution in [0.15, 0.2) is 30.3 Å². The Bertz CT molecular complexity index is 486. The third-order valence-electron chi connectivity index (χ3n) is 2.68. The summed E-state index contributed by atoms with van der Waals surface area (Å²) < 4.78 is 7.37. The summed E-state index contributed by atoms with van der Waals surface area (Å²) in [7, 11) is 1.83. The van der Waals surface area contributed by atoms with Gasteiger partial charge in [-0.3, -0.25) is 4.68 Å². The predicted molar refractivity (Wildman–Crippen MR) is 68.0 cm³/mol. The highest BCUT2D eigenvalue weighted by Crippen LogP contribution is 2.16. The third kappa shape index (κ3) is 2.78. The highest BCUT2D eigenvalue weighted by atomic mass is 16.5. The maximum absolute atomic E-state index is 5.71. The van der Waals surface area contributed by atoms with E-state index in [1.807, 2.05) is 44.3 Å². The molecule has 0 aliphatic heterocycles. The molecule has 1 aromatic heterocycles. The minimum Gasteiger partial charge on any atom is -0.493 e. The molecule has 0 aliphatic rings. The average Bonchev–Trinajstić information content (AvgIpc) is 2.61. The number of aromatic nitrogens is 2. The summed E-state index contributed by atoms with van der Waals surface area (Å²) in [5.74, 6) is 1.60. The number of para-hydroxylation sites is 1. The van der Waals surface area contributed by atoms with Gasteiger partial charge in [0.1, 0.15) is 11.6 Å². The van der Waals surface area contributed by atoms with Crippen LogP contribution in [0.3, 0.4) is 0 Å². The Hall–Kier alpha value is -1.97. The van der Waals surface area contributed by atoms with Gasteiger partial charge in [0.2, 0.25) is 0 Å². The fraction of sp³-hybridized carbons (Fsp3) is 0.308. The van der Waals surface area contributed by atoms with E-state index in [2.05, 4.69) is 5.10 Å². The quantitative estimate of drug-likeness (QED) is 0.874. The molecule has 0 radical (unpaired) electrons. The summed E-state index contributed by atoms with van der Waals surface area (Å²) in [5, 5.41) is 4.28. The summed E-state index contributed by atoms with van der Waals surface area (Å²) in [6.07, 6.45) is 0.763. The lowest BCUT2D eigenvalue weighted by Gasteiger charge is -2.07. The zero-order chi connectivity index (χ0) is 12.3. The van der Waals surface area contributed by atoms with Crippen LogP contribution in [-0.2, 0) is 13.5 Å². The van der Waals surface area contributed by atoms with Gasteiger partial charge in [-0.25, -0.2) is 0 Å². The molecule has 1 aromatic carbocycles. The molecule has 2 aromatic rings. The second-order valence-electron chi connectivity index (χ2n) is 4.05. The molecule has 0 atom stereocenters. The molecule has 1 heterocycles. The van der Waals surface area contributed by atoms with Crippen LogP contribution >= 0.6 is 0 Å². The van der Waals surface area contributed by atoms with E-state index in [1.165, 1.54) is 0 Å². The molecule has 2 rings (SSSR count). The predicted octanol–water partition coefficient (Wildman–Crippen LogP) is 1.93. The lowest BCUT2D eigenvalue weighted by atomic mass is 10.2. The van der Waals surface area contributed by atoms with Gasteiger partial charge in [0.05, 0.1) is 12.3 Å². The van der Waals surface area contributed by atoms with Gasteiger partial charge in [-0.1, -0.05) is 18.2 Å². The zero-order valence-electron chi connectivity index (χ0n) is 10.2. The van der Waals surface area contributed by atoms with Crippen LogP contribution < -0.4 is 10.5 Å². The molecule has 0 aliphatic carbocycles. The number of hydrogen-bond acceptors (Lipinski definition) is 3. The molecule has 0 fully saturated rings. The van der Waals surface area contributed by atoms with Gasteiger partial charge in [-0.15, -0.1) is 0 Å². The standard InChI is InChI=1S/C13H17N3O/c1-10-5-3-4-6-12(10)17-8-7-11-9-13(14)16(2)15-11/h3-6,9H,7-8,14H2,1-2H3. The highest BCUT2D eigenvalue weighted by molar-refractivity contribution is 5.32. The minimum atomic E-state index is 0.612. The summed E-state index contributed by atoms with van der Waals surface area (Å²) in [5.41, 5.74) is 7.81. The average molecular weight is 231 g/mol. The van der Waals surface area contributed by atoms with Crippen LogP contribution in [0, 0.1) is 6.92 Å². The van der Waals surface area contributed by atoms with Gasteiger partial charge in [-0.2, -0.15) is 5.10 Å². The Morgan fingerprint density at radius 2 is 2.12 bits per heavy atom. The first-order valence-corrected chi connectivity index (χ1v) is 5.63. The maximum atomic E-state index is 5.71. The molecule has 4 heteroatoms. The minimum absolute atomic E-state index is 0.612. The summed E-state index contributed by atoms with van der Waals surface area (Å²) in [6.45, 7) is 2.65. The summed E-state index contributed by atoms with van der Waals surface area (Å²) >= 11 is 0. The molecule has 0 saturated carbocycles. The van der Waals surface area contributed by atoms with E-state index in [4.69, 9.17) is 10.5 Å². The fourth-order valence-electron chi connectivity index (χ4n) is 1.65. The van der Waals surface area contributed by atoms with Gasteiger partial charge >= 0.3 is 0 Å². The normalized spacial score (nSPS) is 10.5. The van der Waals surface area contributed by atoms with E-state index < -0.39 is 0 Å². The van der Waals surface area contributed by atoms with Crippen molar-refractivity contribution in [2.45, 2.75) is 13.3 Å². The van der Waals surface area contributed by atoms with Crippen molar-refractivity contribution in [3.63, 3.8) is 0 Å². The molecular formula is C13H17N3O. The molecule has 4 nitrogen and oxygen atoms in total. The summed E-state index contributed by atoms with van der Waals surface area (Å²) in [4.78, 5) is 0. The van der Waals surface area contributed by atoms with Crippen molar-refractivity contribution < 1.29 is 4.74 Å². The van der Waals surface area contributed by atoms with E-state index in [9.17, 15) is 0 Å². The first kappa shape index (κ1) is 11.5. The number of ether oxygens (including phenoxy) is 1. The fourth-order valence-corrected chi connectivity index (χ4v) is 1.65. The first-order valence-electron chi connectivity index (χ1n) is 5.63. The van der Waals surface area contributed by atoms with E-state index >= 15 is 0 Å². The second-order valence-corrected chi connectivity index (χ2v) is 4.05. The van der Waals surface area contributed by atoms with Crippen molar-refractivity contribution in [3.8, 4) is 5.75 Å². The van der Waals surface area contributed by atoms with Crippen molar-refractivity contribution in [1.82, 2.24) is 9.78 Å². The lowest BCUT2D eigenvalue weighted by molar-refractivity contribution is 0.318. The third-order valence-corrected chi connectivity index (χ3v) is 2.68. The van der Waals surface area contributed by atoms with Crippen molar-refractivity contribution >= 4 is 5.82 Å². The van der Waals surface area contributed by atoms with Crippen molar-refractivity contribution in [3.05, 3.63) is 41.6 Å². The second kappa shape index (κ2) is 4.91. The van der Waals surface area contributed by atoms with Gasteiger partial charge in [0, 0.05) is 19.5 Å².